The van der Waals surface area contributed by atoms with Gasteiger partial charge in [-0.3, -0.25) is 9.59 Å². The van der Waals surface area contributed by atoms with Crippen LogP contribution in [0.4, 0.5) is 0 Å². The Labute approximate surface area is 193 Å². The number of imidazole rings is 1. The van der Waals surface area contributed by atoms with Crippen molar-refractivity contribution in [3.63, 3.8) is 0 Å². The average molecular weight is 451 g/mol. The number of unbranched alkanes of at least 4 members (excludes halogenated alkanes) is 2. The highest BCUT2D eigenvalue weighted by Crippen LogP contribution is 2.18. The summed E-state index contributed by atoms with van der Waals surface area (Å²) in [6.07, 6.45) is 7.06. The molecule has 2 amide bonds. The van der Waals surface area contributed by atoms with E-state index in [4.69, 9.17) is 4.98 Å². The quantitative estimate of drug-likeness (QED) is 0.309. The maximum Gasteiger partial charge on any atom is 0.261 e. The first-order valence-electron chi connectivity index (χ1n) is 10.9. The molecule has 0 saturated carbocycles. The van der Waals surface area contributed by atoms with Crippen LogP contribution in [0.15, 0.2) is 67.1 Å². The number of aromatic nitrogens is 2. The number of thiophene rings is 1. The molecule has 0 unspecified atom stereocenters. The Morgan fingerprint density at radius 2 is 1.84 bits per heavy atom. The number of aryl methyl sites for hydroxylation is 1. The highest BCUT2D eigenvalue weighted by Gasteiger charge is 2.17. The highest BCUT2D eigenvalue weighted by atomic mass is 32.1. The first-order chi connectivity index (χ1) is 15.6. The summed E-state index contributed by atoms with van der Waals surface area (Å²) in [5, 5.41) is 4.87. The van der Waals surface area contributed by atoms with Gasteiger partial charge in [-0.2, -0.15) is 0 Å². The van der Waals surface area contributed by atoms with Gasteiger partial charge in [-0.1, -0.05) is 36.8 Å². The smallest absolute Gasteiger partial charge is 0.261 e. The third kappa shape index (κ3) is 6.17. The summed E-state index contributed by atoms with van der Waals surface area (Å²) in [7, 11) is 0. The molecule has 0 aliphatic carbocycles. The van der Waals surface area contributed by atoms with Gasteiger partial charge >= 0.3 is 0 Å². The topological polar surface area (TPSA) is 67.2 Å². The Morgan fingerprint density at radius 1 is 1.06 bits per heavy atom. The van der Waals surface area contributed by atoms with Gasteiger partial charge in [-0.05, 0) is 36.4 Å². The van der Waals surface area contributed by atoms with Crippen LogP contribution in [0.1, 0.15) is 34.8 Å². The number of carbonyl (C=O) groups is 2. The van der Waals surface area contributed by atoms with Gasteiger partial charge in [0.25, 0.3) is 5.91 Å². The number of hydrogen-bond acceptors (Lipinski definition) is 4. The standard InChI is InChI=1S/C25H30N4O2S/c1-3-16-28(17-4-2)24(30)19-29-21-12-8-7-11-20(21)27-23(29)14-6-5-9-15-26-25(31)22-13-10-18-32-22/h3-4,7-8,10-13,18H,1-2,5-6,9,14-17,19H2,(H,26,31). The van der Waals surface area contributed by atoms with E-state index in [1.165, 1.54) is 11.3 Å². The van der Waals surface area contributed by atoms with Gasteiger partial charge in [0.05, 0.1) is 15.9 Å². The molecule has 168 valence electrons. The van der Waals surface area contributed by atoms with Gasteiger partial charge in [-0.25, -0.2) is 4.98 Å². The van der Waals surface area contributed by atoms with Crippen LogP contribution >= 0.6 is 11.3 Å². The second-order valence-corrected chi connectivity index (χ2v) is 8.47. The predicted molar refractivity (Wildman–Crippen MR) is 131 cm³/mol. The summed E-state index contributed by atoms with van der Waals surface area (Å²) in [6, 6.07) is 11.6. The van der Waals surface area contributed by atoms with Crippen LogP contribution in [0.25, 0.3) is 11.0 Å². The van der Waals surface area contributed by atoms with E-state index in [-0.39, 0.29) is 18.4 Å². The maximum atomic E-state index is 12.9. The largest absolute Gasteiger partial charge is 0.351 e. The van der Waals surface area contributed by atoms with E-state index in [1.54, 1.807) is 17.1 Å². The Kier molecular flexibility index (Phi) is 8.80. The molecule has 6 nitrogen and oxygen atoms in total. The van der Waals surface area contributed by atoms with Crippen LogP contribution in [-0.4, -0.2) is 45.9 Å². The molecule has 0 atom stereocenters. The lowest BCUT2D eigenvalue weighted by Gasteiger charge is -2.20. The number of benzene rings is 1. The van der Waals surface area contributed by atoms with Crippen molar-refractivity contribution in [3.8, 4) is 0 Å². The lowest BCUT2D eigenvalue weighted by molar-refractivity contribution is -0.130. The molecule has 0 radical (unpaired) electrons. The van der Waals surface area contributed by atoms with Crippen LogP contribution < -0.4 is 5.32 Å². The number of nitrogens with zero attached hydrogens (tertiary/aromatic N) is 3. The minimum Gasteiger partial charge on any atom is -0.351 e. The summed E-state index contributed by atoms with van der Waals surface area (Å²) in [5.41, 5.74) is 1.87. The number of amides is 2. The molecule has 0 spiro atoms. The normalized spacial score (nSPS) is 10.8. The SMILES string of the molecule is C=CCN(CC=C)C(=O)Cn1c(CCCCCNC(=O)c2cccs2)nc2ccccc21. The van der Waals surface area contributed by atoms with Crippen molar-refractivity contribution < 1.29 is 9.59 Å². The average Bonchev–Trinajstić information content (AvgIpc) is 3.45. The van der Waals surface area contributed by atoms with Crippen LogP contribution in [0, 0.1) is 0 Å². The van der Waals surface area contributed by atoms with E-state index < -0.39 is 0 Å². The summed E-state index contributed by atoms with van der Waals surface area (Å²) < 4.78 is 2.02. The Balaban J connectivity index is 1.57. The fraction of sp³-hybridized carbons (Fsp3) is 0.320. The van der Waals surface area contributed by atoms with E-state index in [0.29, 0.717) is 19.6 Å². The molecule has 1 N–H and O–H groups in total. The van der Waals surface area contributed by atoms with Gasteiger partial charge in [0, 0.05) is 26.1 Å². The number of hydrogen-bond donors (Lipinski definition) is 1. The first kappa shape index (κ1) is 23.5. The zero-order chi connectivity index (χ0) is 22.8. The van der Waals surface area contributed by atoms with Crippen molar-refractivity contribution in [2.75, 3.05) is 19.6 Å². The van der Waals surface area contributed by atoms with Crippen LogP contribution in [0.3, 0.4) is 0 Å². The lowest BCUT2D eigenvalue weighted by Crippen LogP contribution is -2.34. The van der Waals surface area contributed by atoms with Crippen LogP contribution in [0.2, 0.25) is 0 Å². The van der Waals surface area contributed by atoms with E-state index in [1.807, 2.05) is 46.3 Å². The summed E-state index contributed by atoms with van der Waals surface area (Å²) in [5.74, 6) is 0.925. The van der Waals surface area contributed by atoms with Gasteiger partial charge < -0.3 is 14.8 Å². The molecule has 0 bridgehead atoms. The molecule has 0 aliphatic rings. The maximum absolute atomic E-state index is 12.9. The minimum absolute atomic E-state index is 0.0103. The summed E-state index contributed by atoms with van der Waals surface area (Å²) in [4.78, 5) is 32.2. The van der Waals surface area contributed by atoms with E-state index in [2.05, 4.69) is 18.5 Å². The summed E-state index contributed by atoms with van der Waals surface area (Å²) in [6.45, 7) is 9.37. The molecular weight excluding hydrogens is 420 g/mol. The molecule has 2 heterocycles. The molecular formula is C25H30N4O2S. The van der Waals surface area contributed by atoms with Gasteiger partial charge in [0.2, 0.25) is 5.91 Å². The first-order valence-corrected chi connectivity index (χ1v) is 11.8. The Morgan fingerprint density at radius 3 is 2.56 bits per heavy atom. The van der Waals surface area contributed by atoms with Gasteiger partial charge in [0.15, 0.2) is 0 Å². The van der Waals surface area contributed by atoms with Crippen LogP contribution in [0.5, 0.6) is 0 Å². The van der Waals surface area contributed by atoms with E-state index in [0.717, 1.165) is 47.4 Å². The second kappa shape index (κ2) is 12.0. The minimum atomic E-state index is -0.0103. The molecule has 32 heavy (non-hydrogen) atoms. The van der Waals surface area contributed by atoms with Crippen molar-refractivity contribution in [2.45, 2.75) is 32.2 Å². The number of rotatable bonds is 13. The van der Waals surface area contributed by atoms with Gasteiger partial charge in [0.1, 0.15) is 12.4 Å². The summed E-state index contributed by atoms with van der Waals surface area (Å²) >= 11 is 1.45. The second-order valence-electron chi connectivity index (χ2n) is 7.52. The molecule has 7 heteroatoms. The van der Waals surface area contributed by atoms with Crippen molar-refractivity contribution in [1.29, 1.82) is 0 Å². The van der Waals surface area contributed by atoms with Crippen molar-refractivity contribution in [3.05, 3.63) is 77.8 Å². The van der Waals surface area contributed by atoms with Crippen molar-refractivity contribution in [2.24, 2.45) is 0 Å². The lowest BCUT2D eigenvalue weighted by atomic mass is 10.2. The van der Waals surface area contributed by atoms with Crippen molar-refractivity contribution >= 4 is 34.2 Å². The fourth-order valence-electron chi connectivity index (χ4n) is 3.60. The number of para-hydroxylation sites is 2. The monoisotopic (exact) mass is 450 g/mol. The Hall–Kier alpha value is -3.19. The van der Waals surface area contributed by atoms with Gasteiger partial charge in [-0.15, -0.1) is 24.5 Å². The zero-order valence-corrected chi connectivity index (χ0v) is 19.2. The molecule has 3 aromatic rings. The zero-order valence-electron chi connectivity index (χ0n) is 18.3. The van der Waals surface area contributed by atoms with Crippen molar-refractivity contribution in [1.82, 2.24) is 19.8 Å². The predicted octanol–water partition coefficient (Wildman–Crippen LogP) is 4.44. The molecule has 1 aromatic carbocycles. The third-order valence-electron chi connectivity index (χ3n) is 5.19. The fourth-order valence-corrected chi connectivity index (χ4v) is 4.24. The molecule has 0 fully saturated rings. The number of fused-ring (bicyclic) bond motifs is 1. The molecule has 0 aliphatic heterocycles. The number of nitrogens with one attached hydrogen (secondary N) is 1. The molecule has 3 rings (SSSR count). The highest BCUT2D eigenvalue weighted by molar-refractivity contribution is 7.12. The van der Waals surface area contributed by atoms with E-state index in [9.17, 15) is 9.59 Å². The van der Waals surface area contributed by atoms with E-state index >= 15 is 0 Å². The molecule has 0 saturated heterocycles. The Bertz CT molecular complexity index is 1050. The molecule has 2 aromatic heterocycles. The van der Waals surface area contributed by atoms with Crippen LogP contribution in [-0.2, 0) is 17.8 Å². The number of carbonyl (C=O) groups excluding carboxylic acids is 2. The third-order valence-corrected chi connectivity index (χ3v) is 6.05.